The molecule has 2 aromatic rings. The molecule has 6 heteroatoms. The van der Waals surface area contributed by atoms with Gasteiger partial charge in [0.15, 0.2) is 11.4 Å². The van der Waals surface area contributed by atoms with Crippen LogP contribution in [-0.4, -0.2) is 24.5 Å². The van der Waals surface area contributed by atoms with Gasteiger partial charge in [-0.1, -0.05) is 41.1 Å². The number of halogens is 1. The molecule has 0 spiro atoms. The predicted molar refractivity (Wildman–Crippen MR) is 69.9 cm³/mol. The zero-order chi connectivity index (χ0) is 12.8. The SMILES string of the molecule is O=Cc1sc(OCCOc2ccccc2)nc1Cl. The molecule has 1 aromatic heterocycles. The van der Waals surface area contributed by atoms with E-state index in [1.54, 1.807) is 0 Å². The zero-order valence-electron chi connectivity index (χ0n) is 9.34. The number of ether oxygens (including phenoxy) is 2. The number of para-hydroxylation sites is 1. The number of aldehydes is 1. The maximum atomic E-state index is 10.6. The van der Waals surface area contributed by atoms with Gasteiger partial charge >= 0.3 is 0 Å². The van der Waals surface area contributed by atoms with E-state index in [-0.39, 0.29) is 5.15 Å². The van der Waals surface area contributed by atoms with E-state index in [1.807, 2.05) is 30.3 Å². The Balaban J connectivity index is 1.77. The summed E-state index contributed by atoms with van der Waals surface area (Å²) in [6.07, 6.45) is 0.660. The standard InChI is InChI=1S/C12H10ClNO3S/c13-11-10(8-15)18-12(14-11)17-7-6-16-9-4-2-1-3-5-9/h1-5,8H,6-7H2. The first-order valence-electron chi connectivity index (χ1n) is 5.22. The molecule has 0 fully saturated rings. The molecule has 0 aliphatic heterocycles. The summed E-state index contributed by atoms with van der Waals surface area (Å²) in [4.78, 5) is 14.8. The van der Waals surface area contributed by atoms with Crippen molar-refractivity contribution >= 4 is 29.2 Å². The first-order chi connectivity index (χ1) is 8.79. The van der Waals surface area contributed by atoms with Crippen LogP contribution in [0.3, 0.4) is 0 Å². The van der Waals surface area contributed by atoms with E-state index in [1.165, 1.54) is 0 Å². The summed E-state index contributed by atoms with van der Waals surface area (Å²) in [5, 5.41) is 0.549. The number of benzene rings is 1. The van der Waals surface area contributed by atoms with Crippen molar-refractivity contribution in [2.45, 2.75) is 0 Å². The lowest BCUT2D eigenvalue weighted by Crippen LogP contribution is -2.08. The van der Waals surface area contributed by atoms with Crippen LogP contribution in [0.5, 0.6) is 10.9 Å². The number of nitrogens with zero attached hydrogens (tertiary/aromatic N) is 1. The summed E-state index contributed by atoms with van der Waals surface area (Å²) in [7, 11) is 0. The predicted octanol–water partition coefficient (Wildman–Crippen LogP) is 3.07. The number of hydrogen-bond donors (Lipinski definition) is 0. The van der Waals surface area contributed by atoms with E-state index in [4.69, 9.17) is 21.1 Å². The van der Waals surface area contributed by atoms with Gasteiger partial charge in [-0.3, -0.25) is 4.79 Å². The van der Waals surface area contributed by atoms with Crippen molar-refractivity contribution < 1.29 is 14.3 Å². The number of thiazole rings is 1. The number of hydrogen-bond acceptors (Lipinski definition) is 5. The van der Waals surface area contributed by atoms with E-state index < -0.39 is 0 Å². The quantitative estimate of drug-likeness (QED) is 0.604. The fourth-order valence-electron chi connectivity index (χ4n) is 1.23. The molecule has 2 rings (SSSR count). The van der Waals surface area contributed by atoms with Crippen LogP contribution in [0.25, 0.3) is 0 Å². The van der Waals surface area contributed by atoms with Crippen LogP contribution in [0.4, 0.5) is 0 Å². The summed E-state index contributed by atoms with van der Waals surface area (Å²) in [5.74, 6) is 0.784. The van der Waals surface area contributed by atoms with Gasteiger partial charge in [0, 0.05) is 0 Å². The molecule has 0 bridgehead atoms. The molecule has 0 unspecified atom stereocenters. The smallest absolute Gasteiger partial charge is 0.275 e. The molecular weight excluding hydrogens is 274 g/mol. The number of carbonyl (C=O) groups is 1. The van der Waals surface area contributed by atoms with E-state index >= 15 is 0 Å². The third-order valence-electron chi connectivity index (χ3n) is 2.02. The Morgan fingerprint density at radius 1 is 1.22 bits per heavy atom. The van der Waals surface area contributed by atoms with Crippen LogP contribution in [-0.2, 0) is 0 Å². The minimum atomic E-state index is 0.175. The van der Waals surface area contributed by atoms with Crippen molar-refractivity contribution in [1.82, 2.24) is 4.98 Å². The van der Waals surface area contributed by atoms with E-state index in [0.29, 0.717) is 29.6 Å². The van der Waals surface area contributed by atoms with Gasteiger partial charge in [0.05, 0.1) is 0 Å². The Morgan fingerprint density at radius 3 is 2.61 bits per heavy atom. The molecular formula is C12H10ClNO3S. The minimum absolute atomic E-state index is 0.175. The molecule has 0 saturated heterocycles. The topological polar surface area (TPSA) is 48.4 Å². The highest BCUT2D eigenvalue weighted by molar-refractivity contribution is 7.15. The molecule has 0 amide bonds. The van der Waals surface area contributed by atoms with Gasteiger partial charge in [-0.15, -0.1) is 0 Å². The average molecular weight is 284 g/mol. The van der Waals surface area contributed by atoms with Gasteiger partial charge < -0.3 is 9.47 Å². The zero-order valence-corrected chi connectivity index (χ0v) is 10.9. The van der Waals surface area contributed by atoms with Crippen LogP contribution >= 0.6 is 22.9 Å². The summed E-state index contributed by atoms with van der Waals surface area (Å²) in [5.41, 5.74) is 0. The van der Waals surface area contributed by atoms with E-state index in [2.05, 4.69) is 4.98 Å². The molecule has 0 saturated carbocycles. The summed E-state index contributed by atoms with van der Waals surface area (Å²) >= 11 is 6.83. The molecule has 0 aliphatic carbocycles. The van der Waals surface area contributed by atoms with Gasteiger partial charge in [0.25, 0.3) is 5.19 Å². The lowest BCUT2D eigenvalue weighted by Gasteiger charge is -2.05. The second-order valence-corrected chi connectivity index (χ2v) is 4.61. The van der Waals surface area contributed by atoms with Gasteiger partial charge in [-0.05, 0) is 12.1 Å². The Hall–Kier alpha value is -1.59. The van der Waals surface area contributed by atoms with Crippen LogP contribution in [0.15, 0.2) is 30.3 Å². The minimum Gasteiger partial charge on any atom is -0.490 e. The molecule has 0 N–H and O–H groups in total. The van der Waals surface area contributed by atoms with Crippen molar-refractivity contribution in [2.75, 3.05) is 13.2 Å². The Bertz CT molecular complexity index is 515. The van der Waals surface area contributed by atoms with Gasteiger partial charge in [0.2, 0.25) is 0 Å². The maximum absolute atomic E-state index is 10.6. The lowest BCUT2D eigenvalue weighted by molar-refractivity contribution is 0.112. The number of rotatable bonds is 6. The molecule has 1 aromatic carbocycles. The molecule has 1 heterocycles. The largest absolute Gasteiger partial charge is 0.490 e. The fraction of sp³-hybridized carbons (Fsp3) is 0.167. The third-order valence-corrected chi connectivity index (χ3v) is 3.31. The Kier molecular flexibility index (Phi) is 4.55. The van der Waals surface area contributed by atoms with Crippen molar-refractivity contribution in [3.63, 3.8) is 0 Å². The summed E-state index contributed by atoms with van der Waals surface area (Å²) < 4.78 is 10.8. The fourth-order valence-corrected chi connectivity index (χ4v) is 2.17. The molecule has 0 aliphatic rings. The molecule has 4 nitrogen and oxygen atoms in total. The molecule has 0 atom stereocenters. The monoisotopic (exact) mass is 283 g/mol. The highest BCUT2D eigenvalue weighted by Gasteiger charge is 2.08. The highest BCUT2D eigenvalue weighted by Crippen LogP contribution is 2.26. The van der Waals surface area contributed by atoms with Gasteiger partial charge in [0.1, 0.15) is 23.8 Å². The molecule has 18 heavy (non-hydrogen) atoms. The van der Waals surface area contributed by atoms with Crippen LogP contribution < -0.4 is 9.47 Å². The van der Waals surface area contributed by atoms with E-state index in [9.17, 15) is 4.79 Å². The normalized spacial score (nSPS) is 10.1. The molecule has 0 radical (unpaired) electrons. The number of carbonyl (C=O) groups excluding carboxylic acids is 1. The van der Waals surface area contributed by atoms with Crippen LogP contribution in [0.1, 0.15) is 9.67 Å². The first kappa shape index (κ1) is 12.9. The lowest BCUT2D eigenvalue weighted by atomic mass is 10.3. The second-order valence-electron chi connectivity index (χ2n) is 3.26. The first-order valence-corrected chi connectivity index (χ1v) is 6.41. The Morgan fingerprint density at radius 2 is 1.94 bits per heavy atom. The number of aromatic nitrogens is 1. The van der Waals surface area contributed by atoms with E-state index in [0.717, 1.165) is 17.1 Å². The summed E-state index contributed by atoms with van der Waals surface area (Å²) in [6.45, 7) is 0.745. The van der Waals surface area contributed by atoms with Crippen molar-refractivity contribution in [2.24, 2.45) is 0 Å². The second kappa shape index (κ2) is 6.37. The van der Waals surface area contributed by atoms with Crippen molar-refractivity contribution in [3.8, 4) is 10.9 Å². The average Bonchev–Trinajstić information content (AvgIpc) is 2.76. The van der Waals surface area contributed by atoms with Crippen LogP contribution in [0.2, 0.25) is 5.15 Å². The molecule has 94 valence electrons. The van der Waals surface area contributed by atoms with Gasteiger partial charge in [-0.2, -0.15) is 4.98 Å². The third kappa shape index (κ3) is 3.45. The maximum Gasteiger partial charge on any atom is 0.275 e. The highest BCUT2D eigenvalue weighted by atomic mass is 35.5. The van der Waals surface area contributed by atoms with Gasteiger partial charge in [-0.25, -0.2) is 0 Å². The van der Waals surface area contributed by atoms with Crippen molar-refractivity contribution in [1.29, 1.82) is 0 Å². The Labute approximate surface area is 113 Å². The van der Waals surface area contributed by atoms with Crippen molar-refractivity contribution in [3.05, 3.63) is 40.4 Å². The van der Waals surface area contributed by atoms with Crippen LogP contribution in [0, 0.1) is 0 Å². The summed E-state index contributed by atoms with van der Waals surface area (Å²) in [6, 6.07) is 9.44.